The van der Waals surface area contributed by atoms with E-state index in [0.717, 1.165) is 5.57 Å². The van der Waals surface area contributed by atoms with Gasteiger partial charge >= 0.3 is 5.97 Å². The third kappa shape index (κ3) is 1.26. The monoisotopic (exact) mass is 168 g/mol. The fourth-order valence-corrected chi connectivity index (χ4v) is 1.39. The lowest BCUT2D eigenvalue weighted by Crippen LogP contribution is -2.42. The third-order valence-electron chi connectivity index (χ3n) is 2.04. The van der Waals surface area contributed by atoms with Crippen molar-refractivity contribution in [1.29, 1.82) is 0 Å². The molecule has 1 aliphatic rings. The van der Waals surface area contributed by atoms with Gasteiger partial charge in [0.2, 0.25) is 0 Å². The highest BCUT2D eigenvalue weighted by molar-refractivity contribution is 5.95. The topological polar surface area (TPSA) is 43.4 Å². The Bertz CT molecular complexity index is 222. The smallest absolute Gasteiger partial charge is 0.319 e. The summed E-state index contributed by atoms with van der Waals surface area (Å²) >= 11 is 0. The molecule has 0 aromatic rings. The number of allylic oxidation sites excluding steroid dienone is 1. The molecule has 0 spiro atoms. The molecule has 1 aliphatic carbocycles. The minimum absolute atomic E-state index is 0.320. The molecule has 0 saturated heterocycles. The Hall–Kier alpha value is -1.12. The number of esters is 1. The summed E-state index contributed by atoms with van der Waals surface area (Å²) in [5.41, 5.74) is 0.0442. The number of hydrogen-bond acceptors (Lipinski definition) is 3. The lowest BCUT2D eigenvalue weighted by Gasteiger charge is -2.35. The van der Waals surface area contributed by atoms with E-state index in [-0.39, 0.29) is 0 Å². The SMILES string of the molecule is C=C1CC(C=O)(C(=O)OCC)C1. The van der Waals surface area contributed by atoms with Crippen molar-refractivity contribution in [3.05, 3.63) is 12.2 Å². The minimum atomic E-state index is -0.896. The van der Waals surface area contributed by atoms with Crippen molar-refractivity contribution in [3.8, 4) is 0 Å². The molecule has 0 aromatic carbocycles. The van der Waals surface area contributed by atoms with Gasteiger partial charge in [-0.3, -0.25) is 4.79 Å². The van der Waals surface area contributed by atoms with E-state index < -0.39 is 11.4 Å². The van der Waals surface area contributed by atoms with Gasteiger partial charge in [0, 0.05) is 0 Å². The van der Waals surface area contributed by atoms with Crippen molar-refractivity contribution in [2.75, 3.05) is 6.61 Å². The van der Waals surface area contributed by atoms with Gasteiger partial charge in [0.1, 0.15) is 11.7 Å². The molecule has 0 aromatic heterocycles. The van der Waals surface area contributed by atoms with Gasteiger partial charge in [-0.2, -0.15) is 0 Å². The average Bonchev–Trinajstić information content (AvgIpc) is 1.98. The van der Waals surface area contributed by atoms with Crippen LogP contribution in [0.2, 0.25) is 0 Å². The van der Waals surface area contributed by atoms with E-state index in [1.54, 1.807) is 6.92 Å². The molecule has 0 bridgehead atoms. The van der Waals surface area contributed by atoms with Gasteiger partial charge in [-0.05, 0) is 19.8 Å². The number of rotatable bonds is 3. The molecule has 0 heterocycles. The normalized spacial score (nSPS) is 19.6. The fraction of sp³-hybridized carbons (Fsp3) is 0.556. The highest BCUT2D eigenvalue weighted by Crippen LogP contribution is 2.43. The maximum absolute atomic E-state index is 11.2. The Morgan fingerprint density at radius 3 is 2.67 bits per heavy atom. The summed E-state index contributed by atoms with van der Waals surface area (Å²) in [5, 5.41) is 0. The molecule has 1 saturated carbocycles. The second kappa shape index (κ2) is 3.09. The molecular formula is C9H12O3. The molecule has 3 heteroatoms. The van der Waals surface area contributed by atoms with E-state index in [1.807, 2.05) is 0 Å². The predicted molar refractivity (Wildman–Crippen MR) is 43.5 cm³/mol. The molecule has 0 radical (unpaired) electrons. The van der Waals surface area contributed by atoms with Crippen LogP contribution >= 0.6 is 0 Å². The van der Waals surface area contributed by atoms with Crippen LogP contribution in [0.3, 0.4) is 0 Å². The molecule has 0 N–H and O–H groups in total. The zero-order valence-corrected chi connectivity index (χ0v) is 7.13. The van der Waals surface area contributed by atoms with Crippen LogP contribution in [0.1, 0.15) is 19.8 Å². The van der Waals surface area contributed by atoms with E-state index in [4.69, 9.17) is 4.74 Å². The average molecular weight is 168 g/mol. The van der Waals surface area contributed by atoms with Crippen molar-refractivity contribution < 1.29 is 14.3 Å². The van der Waals surface area contributed by atoms with E-state index in [0.29, 0.717) is 25.7 Å². The molecule has 66 valence electrons. The Kier molecular flexibility index (Phi) is 2.31. The summed E-state index contributed by atoms with van der Waals surface area (Å²) < 4.78 is 4.78. The van der Waals surface area contributed by atoms with Gasteiger partial charge < -0.3 is 9.53 Å². The second-order valence-electron chi connectivity index (χ2n) is 3.10. The van der Waals surface area contributed by atoms with Gasteiger partial charge in [0.15, 0.2) is 0 Å². The van der Waals surface area contributed by atoms with Gasteiger partial charge in [-0.1, -0.05) is 12.2 Å². The van der Waals surface area contributed by atoms with Crippen LogP contribution in [-0.4, -0.2) is 18.9 Å². The molecule has 0 amide bonds. The Morgan fingerprint density at radius 1 is 1.75 bits per heavy atom. The van der Waals surface area contributed by atoms with Crippen LogP contribution in [0.5, 0.6) is 0 Å². The largest absolute Gasteiger partial charge is 0.465 e. The van der Waals surface area contributed by atoms with Gasteiger partial charge in [0.05, 0.1) is 6.61 Å². The summed E-state index contributed by atoms with van der Waals surface area (Å²) in [4.78, 5) is 21.9. The highest BCUT2D eigenvalue weighted by Gasteiger charge is 2.47. The Labute approximate surface area is 71.4 Å². The molecule has 0 unspecified atom stereocenters. The first kappa shape index (κ1) is 8.97. The van der Waals surface area contributed by atoms with Gasteiger partial charge in [-0.15, -0.1) is 0 Å². The van der Waals surface area contributed by atoms with E-state index in [9.17, 15) is 9.59 Å². The highest BCUT2D eigenvalue weighted by atomic mass is 16.5. The fourth-order valence-electron chi connectivity index (χ4n) is 1.39. The second-order valence-corrected chi connectivity index (χ2v) is 3.10. The van der Waals surface area contributed by atoms with E-state index >= 15 is 0 Å². The number of carbonyl (C=O) groups excluding carboxylic acids is 2. The van der Waals surface area contributed by atoms with E-state index in [1.165, 1.54) is 0 Å². The number of hydrogen-bond donors (Lipinski definition) is 0. The van der Waals surface area contributed by atoms with Crippen molar-refractivity contribution >= 4 is 12.3 Å². The first-order valence-corrected chi connectivity index (χ1v) is 3.95. The molecule has 0 aliphatic heterocycles. The number of aldehydes is 1. The first-order chi connectivity index (χ1) is 5.64. The van der Waals surface area contributed by atoms with Crippen LogP contribution in [0.4, 0.5) is 0 Å². The summed E-state index contributed by atoms with van der Waals surface area (Å²) in [5.74, 6) is -0.410. The lowest BCUT2D eigenvalue weighted by molar-refractivity contribution is -0.159. The molecule has 1 fully saturated rings. The van der Waals surface area contributed by atoms with Gasteiger partial charge in [0.25, 0.3) is 0 Å². The van der Waals surface area contributed by atoms with Crippen LogP contribution < -0.4 is 0 Å². The molecule has 1 rings (SSSR count). The maximum Gasteiger partial charge on any atom is 0.319 e. The third-order valence-corrected chi connectivity index (χ3v) is 2.04. The van der Waals surface area contributed by atoms with Crippen LogP contribution in [0, 0.1) is 5.41 Å². The van der Waals surface area contributed by atoms with Crippen LogP contribution in [0.15, 0.2) is 12.2 Å². The van der Waals surface area contributed by atoms with E-state index in [2.05, 4.69) is 6.58 Å². The zero-order chi connectivity index (χ0) is 9.19. The summed E-state index contributed by atoms with van der Waals surface area (Å²) in [6.07, 6.45) is 1.59. The minimum Gasteiger partial charge on any atom is -0.465 e. The summed E-state index contributed by atoms with van der Waals surface area (Å²) in [6, 6.07) is 0. The zero-order valence-electron chi connectivity index (χ0n) is 7.13. The first-order valence-electron chi connectivity index (χ1n) is 3.95. The molecule has 12 heavy (non-hydrogen) atoms. The molecule has 3 nitrogen and oxygen atoms in total. The van der Waals surface area contributed by atoms with Crippen LogP contribution in [0.25, 0.3) is 0 Å². The van der Waals surface area contributed by atoms with Gasteiger partial charge in [-0.25, -0.2) is 0 Å². The number of carbonyl (C=O) groups is 2. The standard InChI is InChI=1S/C9H12O3/c1-3-12-8(11)9(6-10)4-7(2)5-9/h6H,2-5H2,1H3. The van der Waals surface area contributed by atoms with Crippen molar-refractivity contribution in [2.24, 2.45) is 5.41 Å². The summed E-state index contributed by atoms with van der Waals surface area (Å²) in [7, 11) is 0. The quantitative estimate of drug-likeness (QED) is 0.274. The Balaban J connectivity index is 2.63. The predicted octanol–water partition coefficient (Wildman–Crippen LogP) is 1.08. The molecular weight excluding hydrogens is 156 g/mol. The number of ether oxygens (including phenoxy) is 1. The van der Waals surface area contributed by atoms with Crippen molar-refractivity contribution in [1.82, 2.24) is 0 Å². The van der Waals surface area contributed by atoms with Crippen LogP contribution in [-0.2, 0) is 14.3 Å². The van der Waals surface area contributed by atoms with Crippen molar-refractivity contribution in [3.63, 3.8) is 0 Å². The van der Waals surface area contributed by atoms with Crippen molar-refractivity contribution in [2.45, 2.75) is 19.8 Å². The maximum atomic E-state index is 11.2. The lowest BCUT2D eigenvalue weighted by atomic mass is 9.67. The molecule has 0 atom stereocenters. The Morgan fingerprint density at radius 2 is 2.33 bits per heavy atom. The summed E-state index contributed by atoms with van der Waals surface area (Å²) in [6.45, 7) is 5.73.